The zero-order valence-electron chi connectivity index (χ0n) is 11.6. The van der Waals surface area contributed by atoms with Crippen LogP contribution < -0.4 is 11.1 Å². The van der Waals surface area contributed by atoms with Crippen molar-refractivity contribution >= 4 is 11.7 Å². The van der Waals surface area contributed by atoms with Gasteiger partial charge in [-0.05, 0) is 37.5 Å². The second kappa shape index (κ2) is 6.57. The molecule has 0 radical (unpaired) electrons. The van der Waals surface area contributed by atoms with Crippen LogP contribution in [0.4, 0.5) is 10.5 Å². The smallest absolute Gasteiger partial charge is 0.321 e. The molecule has 3 N–H and O–H groups in total. The Morgan fingerprint density at radius 2 is 1.95 bits per heavy atom. The highest BCUT2D eigenvalue weighted by atomic mass is 16.2. The predicted octanol–water partition coefficient (Wildman–Crippen LogP) is 3.11. The third-order valence-electron chi connectivity index (χ3n) is 3.56. The monoisotopic (exact) mass is 261 g/mol. The molecular weight excluding hydrogens is 238 g/mol. The zero-order chi connectivity index (χ0) is 13.7. The van der Waals surface area contributed by atoms with Gasteiger partial charge in [-0.25, -0.2) is 4.79 Å². The van der Waals surface area contributed by atoms with Crippen LogP contribution in [0.5, 0.6) is 0 Å². The molecule has 1 saturated heterocycles. The number of amides is 2. The number of urea groups is 1. The summed E-state index contributed by atoms with van der Waals surface area (Å²) in [5.41, 5.74) is 7.71. The minimum atomic E-state index is -0.0185. The third kappa shape index (κ3) is 3.96. The summed E-state index contributed by atoms with van der Waals surface area (Å²) in [6.07, 6.45) is 4.66. The molecule has 1 atom stereocenters. The van der Waals surface area contributed by atoms with E-state index in [1.54, 1.807) is 0 Å². The molecule has 0 saturated carbocycles. The number of carbonyl (C=O) groups is 1. The van der Waals surface area contributed by atoms with Crippen LogP contribution >= 0.6 is 0 Å². The zero-order valence-corrected chi connectivity index (χ0v) is 11.6. The van der Waals surface area contributed by atoms with Crippen molar-refractivity contribution in [2.75, 3.05) is 18.4 Å². The van der Waals surface area contributed by atoms with E-state index >= 15 is 0 Å². The molecule has 0 aromatic heterocycles. The van der Waals surface area contributed by atoms with E-state index in [0.717, 1.165) is 37.2 Å². The fourth-order valence-corrected chi connectivity index (χ4v) is 2.38. The first kappa shape index (κ1) is 13.9. The first-order chi connectivity index (χ1) is 9.16. The SMILES string of the molecule is CC(N)c1cccc(NC(=O)N2CCCCCC2)c1. The average molecular weight is 261 g/mol. The van der Waals surface area contributed by atoms with E-state index in [-0.39, 0.29) is 12.1 Å². The molecule has 0 bridgehead atoms. The Morgan fingerprint density at radius 1 is 1.26 bits per heavy atom. The molecule has 2 rings (SSSR count). The molecule has 1 aromatic carbocycles. The Labute approximate surface area is 115 Å². The highest BCUT2D eigenvalue weighted by molar-refractivity contribution is 5.89. The van der Waals surface area contributed by atoms with Crippen molar-refractivity contribution in [1.82, 2.24) is 4.90 Å². The molecular formula is C15H23N3O. The van der Waals surface area contributed by atoms with Crippen LogP contribution in [0.15, 0.2) is 24.3 Å². The fraction of sp³-hybridized carbons (Fsp3) is 0.533. The summed E-state index contributed by atoms with van der Waals surface area (Å²) in [6.45, 7) is 3.66. The number of nitrogens with zero attached hydrogens (tertiary/aromatic N) is 1. The molecule has 19 heavy (non-hydrogen) atoms. The molecule has 1 heterocycles. The van der Waals surface area contributed by atoms with E-state index in [1.165, 1.54) is 12.8 Å². The molecule has 1 aromatic rings. The van der Waals surface area contributed by atoms with Crippen molar-refractivity contribution < 1.29 is 4.79 Å². The van der Waals surface area contributed by atoms with E-state index in [1.807, 2.05) is 36.1 Å². The van der Waals surface area contributed by atoms with Crippen molar-refractivity contribution in [2.45, 2.75) is 38.6 Å². The molecule has 1 aliphatic heterocycles. The van der Waals surface area contributed by atoms with Crippen LogP contribution in [-0.2, 0) is 0 Å². The van der Waals surface area contributed by atoms with Gasteiger partial charge in [0.2, 0.25) is 0 Å². The van der Waals surface area contributed by atoms with Gasteiger partial charge in [0, 0.05) is 24.8 Å². The number of nitrogens with two attached hydrogens (primary N) is 1. The first-order valence-electron chi connectivity index (χ1n) is 7.08. The number of nitrogens with one attached hydrogen (secondary N) is 1. The molecule has 0 spiro atoms. The number of benzene rings is 1. The van der Waals surface area contributed by atoms with Gasteiger partial charge in [-0.1, -0.05) is 25.0 Å². The maximum absolute atomic E-state index is 12.2. The number of hydrogen-bond acceptors (Lipinski definition) is 2. The molecule has 4 nitrogen and oxygen atoms in total. The normalized spacial score (nSPS) is 17.7. The maximum atomic E-state index is 12.2. The van der Waals surface area contributed by atoms with Crippen LogP contribution in [0.2, 0.25) is 0 Å². The largest absolute Gasteiger partial charge is 0.325 e. The lowest BCUT2D eigenvalue weighted by atomic mass is 10.1. The summed E-state index contributed by atoms with van der Waals surface area (Å²) in [5, 5.41) is 2.97. The summed E-state index contributed by atoms with van der Waals surface area (Å²) >= 11 is 0. The van der Waals surface area contributed by atoms with E-state index in [0.29, 0.717) is 0 Å². The number of carbonyl (C=O) groups excluding carboxylic acids is 1. The predicted molar refractivity (Wildman–Crippen MR) is 78.1 cm³/mol. The Kier molecular flexibility index (Phi) is 4.80. The van der Waals surface area contributed by atoms with Crippen molar-refractivity contribution in [1.29, 1.82) is 0 Å². The average Bonchev–Trinajstić information content (AvgIpc) is 2.68. The van der Waals surface area contributed by atoms with E-state index in [4.69, 9.17) is 5.73 Å². The number of likely N-dealkylation sites (tertiary alicyclic amines) is 1. The van der Waals surface area contributed by atoms with Gasteiger partial charge in [-0.3, -0.25) is 0 Å². The molecule has 4 heteroatoms. The van der Waals surface area contributed by atoms with Crippen LogP contribution in [0.1, 0.15) is 44.2 Å². The fourth-order valence-electron chi connectivity index (χ4n) is 2.38. The quantitative estimate of drug-likeness (QED) is 0.859. The number of anilines is 1. The Hall–Kier alpha value is -1.55. The van der Waals surface area contributed by atoms with Gasteiger partial charge in [0.25, 0.3) is 0 Å². The van der Waals surface area contributed by atoms with Gasteiger partial charge in [-0.2, -0.15) is 0 Å². The summed E-state index contributed by atoms with van der Waals surface area (Å²) in [5.74, 6) is 0. The highest BCUT2D eigenvalue weighted by Gasteiger charge is 2.15. The molecule has 2 amide bonds. The van der Waals surface area contributed by atoms with Gasteiger partial charge in [0.05, 0.1) is 0 Å². The van der Waals surface area contributed by atoms with Crippen LogP contribution in [-0.4, -0.2) is 24.0 Å². The van der Waals surface area contributed by atoms with Crippen molar-refractivity contribution in [3.63, 3.8) is 0 Å². The van der Waals surface area contributed by atoms with Crippen molar-refractivity contribution in [2.24, 2.45) is 5.73 Å². The van der Waals surface area contributed by atoms with E-state index < -0.39 is 0 Å². The standard InChI is InChI=1S/C15H23N3O/c1-12(16)13-7-6-8-14(11-13)17-15(19)18-9-4-2-3-5-10-18/h6-8,11-12H,2-5,9-10,16H2,1H3,(H,17,19). The lowest BCUT2D eigenvalue weighted by Gasteiger charge is -2.21. The maximum Gasteiger partial charge on any atom is 0.321 e. The van der Waals surface area contributed by atoms with E-state index in [9.17, 15) is 4.79 Å². The molecule has 0 aliphatic carbocycles. The third-order valence-corrected chi connectivity index (χ3v) is 3.56. The minimum absolute atomic E-state index is 0.00345. The van der Waals surface area contributed by atoms with Gasteiger partial charge in [-0.15, -0.1) is 0 Å². The second-order valence-corrected chi connectivity index (χ2v) is 5.25. The molecule has 1 unspecified atom stereocenters. The lowest BCUT2D eigenvalue weighted by molar-refractivity contribution is 0.214. The van der Waals surface area contributed by atoms with E-state index in [2.05, 4.69) is 5.32 Å². The van der Waals surface area contributed by atoms with Gasteiger partial charge in [0.15, 0.2) is 0 Å². The van der Waals surface area contributed by atoms with Crippen LogP contribution in [0.25, 0.3) is 0 Å². The topological polar surface area (TPSA) is 58.4 Å². The lowest BCUT2D eigenvalue weighted by Crippen LogP contribution is -2.35. The highest BCUT2D eigenvalue weighted by Crippen LogP contribution is 2.17. The van der Waals surface area contributed by atoms with Gasteiger partial charge in [0.1, 0.15) is 0 Å². The molecule has 1 fully saturated rings. The molecule has 104 valence electrons. The summed E-state index contributed by atoms with van der Waals surface area (Å²) < 4.78 is 0. The van der Waals surface area contributed by atoms with Crippen LogP contribution in [0.3, 0.4) is 0 Å². The first-order valence-corrected chi connectivity index (χ1v) is 7.08. The summed E-state index contributed by atoms with van der Waals surface area (Å²) in [4.78, 5) is 14.1. The second-order valence-electron chi connectivity index (χ2n) is 5.25. The van der Waals surface area contributed by atoms with Crippen molar-refractivity contribution in [3.05, 3.63) is 29.8 Å². The molecule has 1 aliphatic rings. The number of rotatable bonds is 2. The van der Waals surface area contributed by atoms with Gasteiger partial charge >= 0.3 is 6.03 Å². The summed E-state index contributed by atoms with van der Waals surface area (Å²) in [6, 6.07) is 7.74. The van der Waals surface area contributed by atoms with Crippen LogP contribution in [0, 0.1) is 0 Å². The minimum Gasteiger partial charge on any atom is -0.325 e. The Morgan fingerprint density at radius 3 is 2.58 bits per heavy atom. The Bertz CT molecular complexity index is 423. The van der Waals surface area contributed by atoms with Gasteiger partial charge < -0.3 is 16.0 Å². The number of hydrogen-bond donors (Lipinski definition) is 2. The van der Waals surface area contributed by atoms with Crippen molar-refractivity contribution in [3.8, 4) is 0 Å². The summed E-state index contributed by atoms with van der Waals surface area (Å²) in [7, 11) is 0. The Balaban J connectivity index is 1.99.